The Morgan fingerprint density at radius 1 is 1.00 bits per heavy atom. The first-order valence-electron chi connectivity index (χ1n) is 10.9. The molecule has 1 aliphatic rings. The standard InChI is InChI=1S/C25H25N5O2/c1-26-24(31)17-5-7-20(12-17)30-22-13-18(25(32)27-2)6-8-21(22)29-23(30)16-3-4-19-14-28-10-9-15(19)11-16/h3-4,6,8-11,13-14,17,20H,5,7,12H2,1-2H3,(H,26,31)(H,27,32)/t17-,20+/m1/s1. The smallest absolute Gasteiger partial charge is 0.251 e. The number of nitrogens with zero attached hydrogens (tertiary/aromatic N) is 3. The maximum absolute atomic E-state index is 12.3. The van der Waals surface area contributed by atoms with Crippen molar-refractivity contribution >= 4 is 33.6 Å². The van der Waals surface area contributed by atoms with E-state index in [0.29, 0.717) is 5.56 Å². The van der Waals surface area contributed by atoms with Gasteiger partial charge in [-0.1, -0.05) is 12.1 Å². The summed E-state index contributed by atoms with van der Waals surface area (Å²) < 4.78 is 2.23. The van der Waals surface area contributed by atoms with Gasteiger partial charge in [-0.2, -0.15) is 0 Å². The molecule has 2 aromatic carbocycles. The van der Waals surface area contributed by atoms with Gasteiger partial charge in [-0.25, -0.2) is 4.98 Å². The van der Waals surface area contributed by atoms with E-state index < -0.39 is 0 Å². The summed E-state index contributed by atoms with van der Waals surface area (Å²) in [7, 11) is 3.32. The fourth-order valence-corrected chi connectivity index (χ4v) is 4.81. The van der Waals surface area contributed by atoms with E-state index in [4.69, 9.17) is 4.98 Å². The number of hydrogen-bond donors (Lipinski definition) is 2. The molecule has 4 aromatic rings. The first-order chi connectivity index (χ1) is 15.6. The second-order valence-electron chi connectivity index (χ2n) is 8.30. The van der Waals surface area contributed by atoms with Gasteiger partial charge in [0.25, 0.3) is 5.91 Å². The van der Waals surface area contributed by atoms with Gasteiger partial charge in [-0.3, -0.25) is 14.6 Å². The van der Waals surface area contributed by atoms with E-state index in [-0.39, 0.29) is 23.8 Å². The predicted molar refractivity (Wildman–Crippen MR) is 124 cm³/mol. The second-order valence-corrected chi connectivity index (χ2v) is 8.30. The Kier molecular flexibility index (Phi) is 5.09. The molecule has 7 nitrogen and oxygen atoms in total. The van der Waals surface area contributed by atoms with Crippen molar-refractivity contribution in [1.82, 2.24) is 25.2 Å². The Labute approximate surface area is 185 Å². The molecule has 5 rings (SSSR count). The van der Waals surface area contributed by atoms with E-state index >= 15 is 0 Å². The Hall–Kier alpha value is -3.74. The van der Waals surface area contributed by atoms with E-state index in [1.54, 1.807) is 26.4 Å². The first kappa shape index (κ1) is 20.2. The maximum atomic E-state index is 12.3. The SMILES string of the molecule is CNC(=O)c1ccc2nc(-c3ccc4cnccc4c3)n([C@H]3CC[C@@H](C(=O)NC)C3)c2c1. The predicted octanol–water partition coefficient (Wildman–Crippen LogP) is 3.70. The number of benzene rings is 2. The molecule has 0 radical (unpaired) electrons. The van der Waals surface area contributed by atoms with Crippen LogP contribution in [0.2, 0.25) is 0 Å². The van der Waals surface area contributed by atoms with Crippen molar-refractivity contribution in [2.75, 3.05) is 14.1 Å². The molecule has 162 valence electrons. The molecular formula is C25H25N5O2. The van der Waals surface area contributed by atoms with Crippen LogP contribution in [0.1, 0.15) is 35.7 Å². The summed E-state index contributed by atoms with van der Waals surface area (Å²) in [4.78, 5) is 33.7. The van der Waals surface area contributed by atoms with Crippen LogP contribution in [0.15, 0.2) is 54.9 Å². The highest BCUT2D eigenvalue weighted by Gasteiger charge is 2.33. The summed E-state index contributed by atoms with van der Waals surface area (Å²) in [5, 5.41) is 7.65. The van der Waals surface area contributed by atoms with Crippen LogP contribution in [-0.4, -0.2) is 40.4 Å². The van der Waals surface area contributed by atoms with E-state index in [2.05, 4.69) is 38.4 Å². The minimum Gasteiger partial charge on any atom is -0.359 e. The molecule has 1 fully saturated rings. The van der Waals surface area contributed by atoms with E-state index in [0.717, 1.165) is 52.5 Å². The Balaban J connectivity index is 1.68. The third kappa shape index (κ3) is 3.39. The average molecular weight is 428 g/mol. The van der Waals surface area contributed by atoms with Crippen LogP contribution in [-0.2, 0) is 4.79 Å². The molecule has 2 aromatic heterocycles. The molecule has 1 aliphatic carbocycles. The summed E-state index contributed by atoms with van der Waals surface area (Å²) in [6, 6.07) is 14.0. The van der Waals surface area contributed by atoms with Crippen LogP contribution < -0.4 is 10.6 Å². The number of imidazole rings is 1. The number of nitrogens with one attached hydrogen (secondary N) is 2. The van der Waals surface area contributed by atoms with Gasteiger partial charge in [0.15, 0.2) is 0 Å². The molecule has 0 saturated heterocycles. The zero-order valence-electron chi connectivity index (χ0n) is 18.1. The molecule has 2 heterocycles. The van der Waals surface area contributed by atoms with Crippen molar-refractivity contribution in [3.8, 4) is 11.4 Å². The van der Waals surface area contributed by atoms with Crippen molar-refractivity contribution in [1.29, 1.82) is 0 Å². The first-order valence-corrected chi connectivity index (χ1v) is 10.9. The summed E-state index contributed by atoms with van der Waals surface area (Å²) in [6.07, 6.45) is 6.11. The quantitative estimate of drug-likeness (QED) is 0.520. The Morgan fingerprint density at radius 3 is 2.69 bits per heavy atom. The van der Waals surface area contributed by atoms with Crippen LogP contribution in [0.25, 0.3) is 33.2 Å². The molecule has 2 N–H and O–H groups in total. The molecule has 7 heteroatoms. The second kappa shape index (κ2) is 8.07. The topological polar surface area (TPSA) is 88.9 Å². The number of hydrogen-bond acceptors (Lipinski definition) is 4. The minimum absolute atomic E-state index is 0.0138. The summed E-state index contributed by atoms with van der Waals surface area (Å²) >= 11 is 0. The lowest BCUT2D eigenvalue weighted by Gasteiger charge is -2.18. The number of amides is 2. The van der Waals surface area contributed by atoms with Crippen LogP contribution in [0.5, 0.6) is 0 Å². The van der Waals surface area contributed by atoms with Crippen molar-refractivity contribution in [2.45, 2.75) is 25.3 Å². The van der Waals surface area contributed by atoms with E-state index in [9.17, 15) is 9.59 Å². The number of pyridine rings is 1. The van der Waals surface area contributed by atoms with E-state index in [1.165, 1.54) is 0 Å². The van der Waals surface area contributed by atoms with Gasteiger partial charge in [0.05, 0.1) is 11.0 Å². The third-order valence-corrected chi connectivity index (χ3v) is 6.46. The highest BCUT2D eigenvalue weighted by Crippen LogP contribution is 2.40. The number of rotatable bonds is 4. The largest absolute Gasteiger partial charge is 0.359 e. The summed E-state index contributed by atoms with van der Waals surface area (Å²) in [5.74, 6) is 0.798. The maximum Gasteiger partial charge on any atom is 0.251 e. The number of fused-ring (bicyclic) bond motifs is 2. The fraction of sp³-hybridized carbons (Fsp3) is 0.280. The number of carbonyl (C=O) groups excluding carboxylic acids is 2. The van der Waals surface area contributed by atoms with Crippen LogP contribution >= 0.6 is 0 Å². The molecule has 0 bridgehead atoms. The normalized spacial score (nSPS) is 18.2. The molecule has 2 atom stereocenters. The zero-order valence-corrected chi connectivity index (χ0v) is 18.1. The lowest BCUT2D eigenvalue weighted by Crippen LogP contribution is -2.25. The van der Waals surface area contributed by atoms with Crippen molar-refractivity contribution < 1.29 is 9.59 Å². The molecular weight excluding hydrogens is 402 g/mol. The molecule has 1 saturated carbocycles. The Bertz CT molecular complexity index is 1340. The van der Waals surface area contributed by atoms with Gasteiger partial charge in [0, 0.05) is 55.0 Å². The highest BCUT2D eigenvalue weighted by atomic mass is 16.2. The highest BCUT2D eigenvalue weighted by molar-refractivity contribution is 5.98. The lowest BCUT2D eigenvalue weighted by atomic mass is 10.1. The van der Waals surface area contributed by atoms with Gasteiger partial charge in [-0.05, 0) is 55.0 Å². The van der Waals surface area contributed by atoms with Crippen molar-refractivity contribution in [3.63, 3.8) is 0 Å². The monoisotopic (exact) mass is 427 g/mol. The Morgan fingerprint density at radius 2 is 1.88 bits per heavy atom. The van der Waals surface area contributed by atoms with Gasteiger partial charge in [0.1, 0.15) is 5.82 Å². The molecule has 32 heavy (non-hydrogen) atoms. The summed E-state index contributed by atoms with van der Waals surface area (Å²) in [6.45, 7) is 0. The van der Waals surface area contributed by atoms with Gasteiger partial charge < -0.3 is 15.2 Å². The molecule has 0 spiro atoms. The van der Waals surface area contributed by atoms with Crippen LogP contribution in [0.4, 0.5) is 0 Å². The van der Waals surface area contributed by atoms with Gasteiger partial charge >= 0.3 is 0 Å². The van der Waals surface area contributed by atoms with Crippen molar-refractivity contribution in [3.05, 3.63) is 60.4 Å². The summed E-state index contributed by atoms with van der Waals surface area (Å²) in [5.41, 5.74) is 3.35. The number of carbonyl (C=O) groups is 2. The lowest BCUT2D eigenvalue weighted by molar-refractivity contribution is -0.124. The zero-order chi connectivity index (χ0) is 22.2. The molecule has 2 amide bonds. The minimum atomic E-state index is -0.130. The molecule has 0 aliphatic heterocycles. The van der Waals surface area contributed by atoms with Gasteiger partial charge in [0.2, 0.25) is 5.91 Å². The average Bonchev–Trinajstić information content (AvgIpc) is 3.47. The van der Waals surface area contributed by atoms with Crippen LogP contribution in [0.3, 0.4) is 0 Å². The number of aromatic nitrogens is 3. The third-order valence-electron chi connectivity index (χ3n) is 6.46. The van der Waals surface area contributed by atoms with Gasteiger partial charge in [-0.15, -0.1) is 0 Å². The van der Waals surface area contributed by atoms with E-state index in [1.807, 2.05) is 24.4 Å². The van der Waals surface area contributed by atoms with Crippen LogP contribution in [0, 0.1) is 5.92 Å². The van der Waals surface area contributed by atoms with Crippen molar-refractivity contribution in [2.24, 2.45) is 5.92 Å². The molecule has 0 unspecified atom stereocenters. The fourth-order valence-electron chi connectivity index (χ4n) is 4.81.